The molecule has 0 unspecified atom stereocenters. The average Bonchev–Trinajstić information content (AvgIpc) is 2.21. The fourth-order valence-corrected chi connectivity index (χ4v) is 1.29. The Morgan fingerprint density at radius 1 is 1.06 bits per heavy atom. The SMILES string of the molecule is CC(C)Oc1c(F)c(F)c(C(=O)Cl)c(F)c1F. The van der Waals surface area contributed by atoms with Crippen LogP contribution in [0.5, 0.6) is 5.75 Å². The first-order valence-corrected chi connectivity index (χ1v) is 4.87. The maximum atomic E-state index is 13.3. The molecular formula is C10H7ClF4O2. The van der Waals surface area contributed by atoms with E-state index in [0.717, 1.165) is 0 Å². The topological polar surface area (TPSA) is 26.3 Å². The third kappa shape index (κ3) is 2.52. The lowest BCUT2D eigenvalue weighted by atomic mass is 10.2. The molecule has 17 heavy (non-hydrogen) atoms. The Kier molecular flexibility index (Phi) is 3.98. The fourth-order valence-electron chi connectivity index (χ4n) is 1.12. The van der Waals surface area contributed by atoms with E-state index in [1.807, 2.05) is 0 Å². The van der Waals surface area contributed by atoms with Crippen molar-refractivity contribution in [2.75, 3.05) is 0 Å². The van der Waals surface area contributed by atoms with Crippen LogP contribution in [0.25, 0.3) is 0 Å². The van der Waals surface area contributed by atoms with Crippen LogP contribution in [0.3, 0.4) is 0 Å². The van der Waals surface area contributed by atoms with Gasteiger partial charge in [0.15, 0.2) is 17.4 Å². The Hall–Kier alpha value is -1.30. The molecule has 0 aliphatic rings. The molecule has 94 valence electrons. The summed E-state index contributed by atoms with van der Waals surface area (Å²) < 4.78 is 57.7. The Balaban J connectivity index is 3.52. The molecule has 1 aromatic rings. The molecule has 0 aliphatic heterocycles. The lowest BCUT2D eigenvalue weighted by Gasteiger charge is -2.13. The normalized spacial score (nSPS) is 10.8. The number of rotatable bonds is 3. The Morgan fingerprint density at radius 2 is 1.47 bits per heavy atom. The second-order valence-electron chi connectivity index (χ2n) is 3.40. The molecule has 2 nitrogen and oxygen atoms in total. The number of benzene rings is 1. The van der Waals surface area contributed by atoms with Crippen molar-refractivity contribution in [2.24, 2.45) is 0 Å². The van der Waals surface area contributed by atoms with Crippen LogP contribution < -0.4 is 4.74 Å². The molecule has 0 fully saturated rings. The third-order valence-corrected chi connectivity index (χ3v) is 1.96. The summed E-state index contributed by atoms with van der Waals surface area (Å²) in [5, 5.41) is -1.63. The highest BCUT2D eigenvalue weighted by molar-refractivity contribution is 6.67. The van der Waals surface area contributed by atoms with Gasteiger partial charge in [0, 0.05) is 0 Å². The van der Waals surface area contributed by atoms with Gasteiger partial charge in [0.1, 0.15) is 5.56 Å². The molecule has 7 heteroatoms. The van der Waals surface area contributed by atoms with E-state index in [9.17, 15) is 22.4 Å². The van der Waals surface area contributed by atoms with Gasteiger partial charge in [-0.3, -0.25) is 4.79 Å². The van der Waals surface area contributed by atoms with Gasteiger partial charge in [0.25, 0.3) is 5.24 Å². The molecule has 0 N–H and O–H groups in total. The summed E-state index contributed by atoms with van der Waals surface area (Å²) in [5.41, 5.74) is -1.47. The molecule has 0 spiro atoms. The monoisotopic (exact) mass is 270 g/mol. The van der Waals surface area contributed by atoms with Gasteiger partial charge in [0.05, 0.1) is 6.10 Å². The number of hydrogen-bond donors (Lipinski definition) is 0. The number of halogens is 5. The van der Waals surface area contributed by atoms with Crippen LogP contribution in [0.2, 0.25) is 0 Å². The number of carbonyl (C=O) groups excluding carboxylic acids is 1. The van der Waals surface area contributed by atoms with Gasteiger partial charge in [-0.1, -0.05) is 0 Å². The lowest BCUT2D eigenvalue weighted by molar-refractivity contribution is 0.107. The largest absolute Gasteiger partial charge is 0.485 e. The van der Waals surface area contributed by atoms with E-state index in [1.165, 1.54) is 13.8 Å². The predicted molar refractivity (Wildman–Crippen MR) is 52.2 cm³/mol. The summed E-state index contributed by atoms with van der Waals surface area (Å²) in [5.74, 6) is -8.54. The minimum absolute atomic E-state index is 0.699. The molecule has 0 heterocycles. The molecule has 0 radical (unpaired) electrons. The first-order valence-electron chi connectivity index (χ1n) is 4.49. The standard InChI is InChI=1S/C10H7ClF4O2/c1-3(2)17-9-7(14)5(12)4(10(11)16)6(13)8(9)15/h3H,1-2H3. The Labute approximate surface area is 99.1 Å². The van der Waals surface area contributed by atoms with Gasteiger partial charge in [-0.15, -0.1) is 0 Å². The first kappa shape index (κ1) is 13.8. The van der Waals surface area contributed by atoms with Crippen LogP contribution in [0, 0.1) is 23.3 Å². The van der Waals surface area contributed by atoms with Crippen molar-refractivity contribution in [1.82, 2.24) is 0 Å². The summed E-state index contributed by atoms with van der Waals surface area (Å²) in [6.07, 6.45) is -0.699. The van der Waals surface area contributed by atoms with E-state index in [-0.39, 0.29) is 0 Å². The molecular weight excluding hydrogens is 264 g/mol. The molecule has 0 aliphatic carbocycles. The van der Waals surface area contributed by atoms with Gasteiger partial charge >= 0.3 is 0 Å². The number of carbonyl (C=O) groups is 1. The highest BCUT2D eigenvalue weighted by Crippen LogP contribution is 2.31. The van der Waals surface area contributed by atoms with E-state index in [0.29, 0.717) is 0 Å². The molecule has 0 amide bonds. The van der Waals surface area contributed by atoms with Crippen molar-refractivity contribution >= 4 is 16.8 Å². The van der Waals surface area contributed by atoms with Crippen molar-refractivity contribution in [3.05, 3.63) is 28.8 Å². The zero-order valence-electron chi connectivity index (χ0n) is 8.78. The summed E-state index contributed by atoms with van der Waals surface area (Å²) >= 11 is 4.82. The van der Waals surface area contributed by atoms with Gasteiger partial charge < -0.3 is 4.74 Å². The molecule has 0 saturated carbocycles. The highest BCUT2D eigenvalue weighted by atomic mass is 35.5. The first-order chi connectivity index (χ1) is 7.77. The van der Waals surface area contributed by atoms with Gasteiger partial charge in [0.2, 0.25) is 11.6 Å². The van der Waals surface area contributed by atoms with Crippen LogP contribution in [-0.4, -0.2) is 11.3 Å². The van der Waals surface area contributed by atoms with Crippen LogP contribution in [-0.2, 0) is 0 Å². The van der Waals surface area contributed by atoms with Crippen molar-refractivity contribution < 1.29 is 27.1 Å². The van der Waals surface area contributed by atoms with Crippen LogP contribution >= 0.6 is 11.6 Å². The molecule has 1 rings (SSSR count). The number of hydrogen-bond acceptors (Lipinski definition) is 2. The zero-order valence-corrected chi connectivity index (χ0v) is 9.54. The highest BCUT2D eigenvalue weighted by Gasteiger charge is 2.29. The van der Waals surface area contributed by atoms with Gasteiger partial charge in [-0.25, -0.2) is 8.78 Å². The maximum absolute atomic E-state index is 13.3. The second-order valence-corrected chi connectivity index (χ2v) is 3.74. The van der Waals surface area contributed by atoms with E-state index in [1.54, 1.807) is 0 Å². The van der Waals surface area contributed by atoms with Crippen LogP contribution in [0.1, 0.15) is 24.2 Å². The number of ether oxygens (including phenoxy) is 1. The summed E-state index contributed by atoms with van der Waals surface area (Å²) in [6.45, 7) is 2.82. The van der Waals surface area contributed by atoms with E-state index < -0.39 is 45.9 Å². The van der Waals surface area contributed by atoms with Crippen molar-refractivity contribution in [3.63, 3.8) is 0 Å². The van der Waals surface area contributed by atoms with Crippen LogP contribution in [0.4, 0.5) is 17.6 Å². The Bertz CT molecular complexity index is 445. The fraction of sp³-hybridized carbons (Fsp3) is 0.300. The van der Waals surface area contributed by atoms with Gasteiger partial charge in [-0.05, 0) is 25.4 Å². The summed E-state index contributed by atoms with van der Waals surface area (Å²) in [4.78, 5) is 10.6. The molecule has 0 atom stereocenters. The quantitative estimate of drug-likeness (QED) is 0.478. The lowest BCUT2D eigenvalue weighted by Crippen LogP contribution is -2.14. The average molecular weight is 271 g/mol. The minimum Gasteiger partial charge on any atom is -0.485 e. The van der Waals surface area contributed by atoms with Crippen molar-refractivity contribution in [2.45, 2.75) is 20.0 Å². The van der Waals surface area contributed by atoms with Gasteiger partial charge in [-0.2, -0.15) is 8.78 Å². The molecule has 0 bridgehead atoms. The van der Waals surface area contributed by atoms with E-state index >= 15 is 0 Å². The summed E-state index contributed by atoms with van der Waals surface area (Å²) in [6, 6.07) is 0. The second kappa shape index (κ2) is 4.91. The van der Waals surface area contributed by atoms with E-state index in [4.69, 9.17) is 11.6 Å². The third-order valence-electron chi connectivity index (χ3n) is 1.77. The Morgan fingerprint density at radius 3 is 1.76 bits per heavy atom. The van der Waals surface area contributed by atoms with E-state index in [2.05, 4.69) is 4.74 Å². The van der Waals surface area contributed by atoms with Crippen molar-refractivity contribution in [1.29, 1.82) is 0 Å². The summed E-state index contributed by atoms with van der Waals surface area (Å²) in [7, 11) is 0. The minimum atomic E-state index is -1.88. The maximum Gasteiger partial charge on any atom is 0.258 e. The smallest absolute Gasteiger partial charge is 0.258 e. The molecule has 0 aromatic heterocycles. The molecule has 1 aromatic carbocycles. The molecule has 0 saturated heterocycles. The predicted octanol–water partition coefficient (Wildman–Crippen LogP) is 3.41. The zero-order chi connectivity index (χ0) is 13.3. The van der Waals surface area contributed by atoms with Crippen molar-refractivity contribution in [3.8, 4) is 5.75 Å². The van der Waals surface area contributed by atoms with Crippen LogP contribution in [0.15, 0.2) is 0 Å².